The molecule has 2 rings (SSSR count). The number of sulfonamides is 1. The molecule has 2 aromatic rings. The highest BCUT2D eigenvalue weighted by Gasteiger charge is 2.15. The highest BCUT2D eigenvalue weighted by molar-refractivity contribution is 14.0. The lowest BCUT2D eigenvalue weighted by Crippen LogP contribution is -2.41. The van der Waals surface area contributed by atoms with Crippen molar-refractivity contribution in [2.45, 2.75) is 17.7 Å². The van der Waals surface area contributed by atoms with Crippen LogP contribution >= 0.6 is 46.9 Å². The molecule has 1 aromatic heterocycles. The van der Waals surface area contributed by atoms with Crippen molar-refractivity contribution in [1.82, 2.24) is 15.4 Å². The molecule has 0 unspecified atom stereocenters. The second-order valence-electron chi connectivity index (χ2n) is 5.20. The zero-order chi connectivity index (χ0) is 19.0. The highest BCUT2D eigenvalue weighted by Crippen LogP contribution is 2.25. The summed E-state index contributed by atoms with van der Waals surface area (Å²) in [5.74, 6) is 0.261. The topological polar surface area (TPSA) is 82.6 Å². The fraction of sp³-hybridized carbons (Fsp3) is 0.312. The number of hydrogen-bond donors (Lipinski definition) is 3. The first-order valence-electron chi connectivity index (χ1n) is 7.92. The largest absolute Gasteiger partial charge is 0.357 e. The molecule has 27 heavy (non-hydrogen) atoms. The Morgan fingerprint density at radius 2 is 1.85 bits per heavy atom. The van der Waals surface area contributed by atoms with Crippen LogP contribution < -0.4 is 15.4 Å². The zero-order valence-corrected chi connectivity index (χ0v) is 19.3. The van der Waals surface area contributed by atoms with Gasteiger partial charge in [0.2, 0.25) is 10.0 Å². The maximum atomic E-state index is 12.9. The minimum absolute atomic E-state index is 0. The van der Waals surface area contributed by atoms with Gasteiger partial charge in [0.25, 0.3) is 0 Å². The van der Waals surface area contributed by atoms with Crippen LogP contribution in [0, 0.1) is 5.82 Å². The van der Waals surface area contributed by atoms with Gasteiger partial charge in [0.1, 0.15) is 10.0 Å². The van der Waals surface area contributed by atoms with Crippen LogP contribution in [0.3, 0.4) is 0 Å². The minimum atomic E-state index is -3.56. The third-order valence-electron chi connectivity index (χ3n) is 3.20. The van der Waals surface area contributed by atoms with E-state index in [0.29, 0.717) is 29.9 Å². The number of guanidine groups is 1. The third-order valence-corrected chi connectivity index (χ3v) is 6.38. The van der Waals surface area contributed by atoms with Crippen molar-refractivity contribution in [1.29, 1.82) is 0 Å². The molecule has 0 aliphatic carbocycles. The number of rotatable bonds is 8. The van der Waals surface area contributed by atoms with Gasteiger partial charge in [-0.1, -0.05) is 23.7 Å². The number of nitrogens with one attached hydrogen (secondary N) is 3. The average molecular weight is 547 g/mol. The molecular weight excluding hydrogens is 526 g/mol. The number of thiophene rings is 1. The maximum absolute atomic E-state index is 12.9. The van der Waals surface area contributed by atoms with E-state index in [1.165, 1.54) is 18.2 Å². The van der Waals surface area contributed by atoms with Crippen molar-refractivity contribution < 1.29 is 12.8 Å². The SMILES string of the molecule is CCNC(=NCc1ccc(F)cc1)NCCNS(=O)(=O)c1ccc(Cl)s1.I. The summed E-state index contributed by atoms with van der Waals surface area (Å²) in [6.45, 7) is 3.52. The summed E-state index contributed by atoms with van der Waals surface area (Å²) in [6, 6.07) is 9.13. The first kappa shape index (κ1) is 24.1. The summed E-state index contributed by atoms with van der Waals surface area (Å²) in [7, 11) is -3.56. The summed E-state index contributed by atoms with van der Waals surface area (Å²) in [5.41, 5.74) is 0.874. The molecule has 0 radical (unpaired) electrons. The number of nitrogens with zero attached hydrogens (tertiary/aromatic N) is 1. The van der Waals surface area contributed by atoms with E-state index in [1.807, 2.05) is 6.92 Å². The van der Waals surface area contributed by atoms with Crippen LogP contribution in [0.25, 0.3) is 0 Å². The fourth-order valence-electron chi connectivity index (χ4n) is 1.98. The Labute approximate surface area is 184 Å². The van der Waals surface area contributed by atoms with Crippen LogP contribution in [-0.2, 0) is 16.6 Å². The molecule has 1 aromatic carbocycles. The maximum Gasteiger partial charge on any atom is 0.250 e. The van der Waals surface area contributed by atoms with Gasteiger partial charge in [0.05, 0.1) is 10.9 Å². The molecule has 0 saturated carbocycles. The highest BCUT2D eigenvalue weighted by atomic mass is 127. The molecule has 11 heteroatoms. The van der Waals surface area contributed by atoms with Crippen LogP contribution in [0.15, 0.2) is 45.6 Å². The standard InChI is InChI=1S/C16H20ClFN4O2S2.HI/c1-2-19-16(21-11-12-3-5-13(18)6-4-12)20-9-10-22-26(23,24)15-8-7-14(17)25-15;/h3-8,22H,2,9-11H2,1H3,(H2,19,20,21);1H. The molecule has 0 bridgehead atoms. The summed E-state index contributed by atoms with van der Waals surface area (Å²) >= 11 is 6.77. The van der Waals surface area contributed by atoms with E-state index in [0.717, 1.165) is 16.9 Å². The van der Waals surface area contributed by atoms with Crippen molar-refractivity contribution in [2.24, 2.45) is 4.99 Å². The normalized spacial score (nSPS) is 11.7. The van der Waals surface area contributed by atoms with E-state index < -0.39 is 10.0 Å². The van der Waals surface area contributed by atoms with Crippen LogP contribution in [0.1, 0.15) is 12.5 Å². The van der Waals surface area contributed by atoms with Crippen molar-refractivity contribution >= 4 is 62.9 Å². The molecule has 1 heterocycles. The Balaban J connectivity index is 0.00000364. The zero-order valence-electron chi connectivity index (χ0n) is 14.5. The molecule has 0 aliphatic heterocycles. The first-order chi connectivity index (χ1) is 12.4. The number of benzene rings is 1. The van der Waals surface area contributed by atoms with E-state index in [-0.39, 0.29) is 40.5 Å². The molecule has 0 saturated heterocycles. The number of halogens is 3. The summed E-state index contributed by atoms with van der Waals surface area (Å²) in [5, 5.41) is 6.12. The van der Waals surface area contributed by atoms with Crippen molar-refractivity contribution in [3.05, 3.63) is 52.1 Å². The average Bonchev–Trinajstić information content (AvgIpc) is 3.05. The molecule has 0 fully saturated rings. The van der Waals surface area contributed by atoms with Gasteiger partial charge in [0, 0.05) is 19.6 Å². The van der Waals surface area contributed by atoms with Crippen LogP contribution in [0.2, 0.25) is 4.34 Å². The Kier molecular flexibility index (Phi) is 10.5. The first-order valence-corrected chi connectivity index (χ1v) is 10.6. The monoisotopic (exact) mass is 546 g/mol. The van der Waals surface area contributed by atoms with Gasteiger partial charge < -0.3 is 10.6 Å². The minimum Gasteiger partial charge on any atom is -0.357 e. The number of hydrogen-bond acceptors (Lipinski definition) is 4. The molecule has 0 amide bonds. The Morgan fingerprint density at radius 3 is 2.44 bits per heavy atom. The Bertz CT molecular complexity index is 844. The van der Waals surface area contributed by atoms with E-state index >= 15 is 0 Å². The summed E-state index contributed by atoms with van der Waals surface area (Å²) in [4.78, 5) is 4.39. The van der Waals surface area contributed by atoms with Crippen molar-refractivity contribution in [3.8, 4) is 0 Å². The van der Waals surface area contributed by atoms with Gasteiger partial charge in [-0.15, -0.1) is 35.3 Å². The van der Waals surface area contributed by atoms with Crippen molar-refractivity contribution in [2.75, 3.05) is 19.6 Å². The van der Waals surface area contributed by atoms with E-state index in [9.17, 15) is 12.8 Å². The lowest BCUT2D eigenvalue weighted by Gasteiger charge is -2.11. The lowest BCUT2D eigenvalue weighted by atomic mass is 10.2. The van der Waals surface area contributed by atoms with Crippen molar-refractivity contribution in [3.63, 3.8) is 0 Å². The smallest absolute Gasteiger partial charge is 0.250 e. The number of aliphatic imine (C=N–C) groups is 1. The molecular formula is C16H21ClFIN4O2S2. The fourth-order valence-corrected chi connectivity index (χ4v) is 4.54. The van der Waals surface area contributed by atoms with Gasteiger partial charge in [-0.25, -0.2) is 22.5 Å². The van der Waals surface area contributed by atoms with Crippen LogP contribution in [0.4, 0.5) is 4.39 Å². The van der Waals surface area contributed by atoms with Crippen LogP contribution in [0.5, 0.6) is 0 Å². The molecule has 150 valence electrons. The summed E-state index contributed by atoms with van der Waals surface area (Å²) in [6.07, 6.45) is 0. The Hall–Kier alpha value is -0.950. The lowest BCUT2D eigenvalue weighted by molar-refractivity contribution is 0.582. The molecule has 0 aliphatic rings. The second-order valence-corrected chi connectivity index (χ2v) is 8.91. The van der Waals surface area contributed by atoms with Crippen LogP contribution in [-0.4, -0.2) is 34.0 Å². The van der Waals surface area contributed by atoms with Gasteiger partial charge >= 0.3 is 0 Å². The van der Waals surface area contributed by atoms with Gasteiger partial charge in [-0.05, 0) is 36.8 Å². The third kappa shape index (κ3) is 8.30. The Morgan fingerprint density at radius 1 is 1.15 bits per heavy atom. The second kappa shape index (κ2) is 11.8. The summed E-state index contributed by atoms with van der Waals surface area (Å²) < 4.78 is 40.2. The van der Waals surface area contributed by atoms with Gasteiger partial charge in [-0.3, -0.25) is 0 Å². The predicted molar refractivity (Wildman–Crippen MR) is 119 cm³/mol. The molecule has 6 nitrogen and oxygen atoms in total. The predicted octanol–water partition coefficient (Wildman–Crippen LogP) is 3.19. The molecule has 3 N–H and O–H groups in total. The van der Waals surface area contributed by atoms with Gasteiger partial charge in [-0.2, -0.15) is 0 Å². The molecule has 0 spiro atoms. The van der Waals surface area contributed by atoms with Gasteiger partial charge in [0.15, 0.2) is 5.96 Å². The van der Waals surface area contributed by atoms with E-state index in [2.05, 4.69) is 20.3 Å². The van der Waals surface area contributed by atoms with E-state index in [4.69, 9.17) is 11.6 Å². The molecule has 0 atom stereocenters. The van der Waals surface area contributed by atoms with E-state index in [1.54, 1.807) is 18.2 Å². The quantitative estimate of drug-likeness (QED) is 0.206.